The first-order valence-corrected chi connectivity index (χ1v) is 7.44. The normalized spacial score (nSPS) is 11.3. The summed E-state index contributed by atoms with van der Waals surface area (Å²) in [6.45, 7) is 5.87. The molecule has 0 saturated heterocycles. The van der Waals surface area contributed by atoms with Gasteiger partial charge in [-0.05, 0) is 61.7 Å². The van der Waals surface area contributed by atoms with E-state index in [1.807, 2.05) is 63.2 Å². The average Bonchev–Trinajstić information content (AvgIpc) is 2.48. The van der Waals surface area contributed by atoms with Gasteiger partial charge in [-0.2, -0.15) is 5.10 Å². The van der Waals surface area contributed by atoms with Crippen LogP contribution in [0.4, 0.5) is 0 Å². The molecule has 4 heteroatoms. The summed E-state index contributed by atoms with van der Waals surface area (Å²) < 4.78 is 1.01. The highest BCUT2D eigenvalue weighted by atomic mass is 79.9. The van der Waals surface area contributed by atoms with Crippen LogP contribution in [-0.4, -0.2) is 11.6 Å². The molecule has 0 heterocycles. The van der Waals surface area contributed by atoms with Crippen LogP contribution in [0.15, 0.2) is 52.0 Å². The minimum Gasteiger partial charge on any atom is -0.267 e. The zero-order valence-electron chi connectivity index (χ0n) is 12.3. The van der Waals surface area contributed by atoms with Crippen molar-refractivity contribution in [2.24, 2.45) is 5.10 Å². The Labute approximate surface area is 133 Å². The first-order valence-electron chi connectivity index (χ1n) is 6.65. The molecule has 2 aromatic rings. The maximum atomic E-state index is 12.1. The van der Waals surface area contributed by atoms with Gasteiger partial charge in [-0.3, -0.25) is 4.79 Å². The summed E-state index contributed by atoms with van der Waals surface area (Å²) in [6.07, 6.45) is 0. The van der Waals surface area contributed by atoms with Crippen molar-refractivity contribution < 1.29 is 4.79 Å². The van der Waals surface area contributed by atoms with Crippen molar-refractivity contribution in [1.82, 2.24) is 5.43 Å². The van der Waals surface area contributed by atoms with E-state index >= 15 is 0 Å². The first-order chi connectivity index (χ1) is 9.97. The van der Waals surface area contributed by atoms with Gasteiger partial charge in [0.1, 0.15) is 0 Å². The molecule has 0 aromatic heterocycles. The summed E-state index contributed by atoms with van der Waals surface area (Å²) >= 11 is 3.39. The number of hydrazone groups is 1. The van der Waals surface area contributed by atoms with Gasteiger partial charge < -0.3 is 0 Å². The average molecular weight is 345 g/mol. The Bertz CT molecular complexity index is 690. The third-order valence-electron chi connectivity index (χ3n) is 3.36. The Balaban J connectivity index is 2.10. The number of hydrogen-bond donors (Lipinski definition) is 1. The molecule has 2 aromatic carbocycles. The van der Waals surface area contributed by atoms with Gasteiger partial charge in [0.25, 0.3) is 5.91 Å². The second-order valence-corrected chi connectivity index (χ2v) is 5.86. The Hall–Kier alpha value is -1.94. The van der Waals surface area contributed by atoms with E-state index in [1.165, 1.54) is 5.56 Å². The summed E-state index contributed by atoms with van der Waals surface area (Å²) in [4.78, 5) is 12.1. The second-order valence-electron chi connectivity index (χ2n) is 4.94. The van der Waals surface area contributed by atoms with Crippen LogP contribution < -0.4 is 5.43 Å². The summed E-state index contributed by atoms with van der Waals surface area (Å²) in [5.41, 5.74) is 7.21. The van der Waals surface area contributed by atoms with E-state index in [-0.39, 0.29) is 5.91 Å². The van der Waals surface area contributed by atoms with E-state index in [9.17, 15) is 4.79 Å². The van der Waals surface area contributed by atoms with E-state index in [1.54, 1.807) is 0 Å². The number of carbonyl (C=O) groups excluding carboxylic acids is 1. The number of nitrogens with zero attached hydrogens (tertiary/aromatic N) is 1. The zero-order chi connectivity index (χ0) is 15.4. The van der Waals surface area contributed by atoms with Crippen LogP contribution in [0.1, 0.15) is 34.0 Å². The molecule has 0 aliphatic heterocycles. The van der Waals surface area contributed by atoms with Crippen molar-refractivity contribution in [1.29, 1.82) is 0 Å². The SMILES string of the molecule is CC(=NNC(=O)c1ccc(C)c(C)c1)c1ccc(Br)cc1. The third-order valence-corrected chi connectivity index (χ3v) is 3.88. The Morgan fingerprint density at radius 3 is 2.24 bits per heavy atom. The summed E-state index contributed by atoms with van der Waals surface area (Å²) in [6, 6.07) is 13.4. The van der Waals surface area contributed by atoms with Crippen molar-refractivity contribution in [3.05, 3.63) is 69.2 Å². The fourth-order valence-electron chi connectivity index (χ4n) is 1.84. The van der Waals surface area contributed by atoms with E-state index in [2.05, 4.69) is 26.5 Å². The summed E-state index contributed by atoms with van der Waals surface area (Å²) in [5.74, 6) is -0.199. The van der Waals surface area contributed by atoms with Crippen LogP contribution in [0.2, 0.25) is 0 Å². The van der Waals surface area contributed by atoms with Gasteiger partial charge in [-0.15, -0.1) is 0 Å². The summed E-state index contributed by atoms with van der Waals surface area (Å²) in [5, 5.41) is 4.15. The molecule has 0 spiro atoms. The second kappa shape index (κ2) is 6.68. The number of benzene rings is 2. The number of rotatable bonds is 3. The van der Waals surface area contributed by atoms with Gasteiger partial charge in [-0.25, -0.2) is 5.43 Å². The van der Waals surface area contributed by atoms with Crippen molar-refractivity contribution in [2.45, 2.75) is 20.8 Å². The molecule has 0 saturated carbocycles. The minimum absolute atomic E-state index is 0.199. The maximum absolute atomic E-state index is 12.1. The number of aryl methyl sites for hydroxylation is 2. The molecule has 1 N–H and O–H groups in total. The van der Waals surface area contributed by atoms with E-state index in [0.29, 0.717) is 5.56 Å². The molecule has 21 heavy (non-hydrogen) atoms. The molecule has 3 nitrogen and oxygen atoms in total. The lowest BCUT2D eigenvalue weighted by Gasteiger charge is -2.05. The van der Waals surface area contributed by atoms with Crippen LogP contribution >= 0.6 is 15.9 Å². The van der Waals surface area contributed by atoms with Crippen molar-refractivity contribution in [3.8, 4) is 0 Å². The fourth-order valence-corrected chi connectivity index (χ4v) is 2.10. The van der Waals surface area contributed by atoms with Crippen LogP contribution in [0.25, 0.3) is 0 Å². The van der Waals surface area contributed by atoms with Gasteiger partial charge in [0.15, 0.2) is 0 Å². The Kier molecular flexibility index (Phi) is 4.91. The molecule has 0 bridgehead atoms. The molecular weight excluding hydrogens is 328 g/mol. The molecule has 0 aliphatic rings. The molecule has 1 amide bonds. The van der Waals surface area contributed by atoms with Crippen LogP contribution in [0.5, 0.6) is 0 Å². The lowest BCUT2D eigenvalue weighted by atomic mass is 10.1. The quantitative estimate of drug-likeness (QED) is 0.657. The van der Waals surface area contributed by atoms with Crippen LogP contribution in [0, 0.1) is 13.8 Å². The van der Waals surface area contributed by atoms with E-state index in [4.69, 9.17) is 0 Å². The topological polar surface area (TPSA) is 41.5 Å². The molecule has 0 atom stereocenters. The highest BCUT2D eigenvalue weighted by molar-refractivity contribution is 9.10. The monoisotopic (exact) mass is 344 g/mol. The van der Waals surface area contributed by atoms with Gasteiger partial charge in [0.2, 0.25) is 0 Å². The smallest absolute Gasteiger partial charge is 0.267 e. The number of amides is 1. The van der Waals surface area contributed by atoms with Crippen LogP contribution in [0.3, 0.4) is 0 Å². The lowest BCUT2D eigenvalue weighted by molar-refractivity contribution is 0.0954. The predicted octanol–water partition coefficient (Wildman–Crippen LogP) is 4.22. The maximum Gasteiger partial charge on any atom is 0.271 e. The van der Waals surface area contributed by atoms with Crippen molar-refractivity contribution in [2.75, 3.05) is 0 Å². The van der Waals surface area contributed by atoms with E-state index in [0.717, 1.165) is 21.3 Å². The highest BCUT2D eigenvalue weighted by Crippen LogP contribution is 2.12. The molecule has 2 rings (SSSR count). The molecule has 108 valence electrons. The highest BCUT2D eigenvalue weighted by Gasteiger charge is 2.06. The molecule has 0 unspecified atom stereocenters. The largest absolute Gasteiger partial charge is 0.271 e. The van der Waals surface area contributed by atoms with Gasteiger partial charge >= 0.3 is 0 Å². The molecular formula is C17H17BrN2O. The lowest BCUT2D eigenvalue weighted by Crippen LogP contribution is -2.19. The zero-order valence-corrected chi connectivity index (χ0v) is 13.9. The molecule has 0 fully saturated rings. The van der Waals surface area contributed by atoms with E-state index < -0.39 is 0 Å². The number of carbonyl (C=O) groups is 1. The van der Waals surface area contributed by atoms with Crippen molar-refractivity contribution >= 4 is 27.5 Å². The molecule has 0 aliphatic carbocycles. The molecule has 0 radical (unpaired) electrons. The van der Waals surface area contributed by atoms with Gasteiger partial charge in [0.05, 0.1) is 5.71 Å². The van der Waals surface area contributed by atoms with Gasteiger partial charge in [0, 0.05) is 10.0 Å². The van der Waals surface area contributed by atoms with Gasteiger partial charge in [-0.1, -0.05) is 34.1 Å². The summed E-state index contributed by atoms with van der Waals surface area (Å²) in [7, 11) is 0. The van der Waals surface area contributed by atoms with Crippen molar-refractivity contribution in [3.63, 3.8) is 0 Å². The first kappa shape index (κ1) is 15.4. The third kappa shape index (κ3) is 4.02. The predicted molar refractivity (Wildman–Crippen MR) is 89.7 cm³/mol. The van der Waals surface area contributed by atoms with Crippen LogP contribution in [-0.2, 0) is 0 Å². The standard InChI is InChI=1S/C17H17BrN2O/c1-11-4-5-15(10-12(11)2)17(21)20-19-13(3)14-6-8-16(18)9-7-14/h4-10H,1-3H3,(H,20,21). The Morgan fingerprint density at radius 1 is 1.00 bits per heavy atom. The number of halogens is 1. The number of nitrogens with one attached hydrogen (secondary N) is 1. The minimum atomic E-state index is -0.199. The number of hydrogen-bond acceptors (Lipinski definition) is 2. The fraction of sp³-hybridized carbons (Fsp3) is 0.176. The Morgan fingerprint density at radius 2 is 1.62 bits per heavy atom.